The van der Waals surface area contributed by atoms with E-state index in [1.807, 2.05) is 6.92 Å². The zero-order valence-corrected chi connectivity index (χ0v) is 14.4. The fourth-order valence-corrected chi connectivity index (χ4v) is 2.23. The number of likely N-dealkylation sites (N-methyl/N-ethyl adjacent to an activating group) is 1. The van der Waals surface area contributed by atoms with Crippen LogP contribution in [0.3, 0.4) is 0 Å². The van der Waals surface area contributed by atoms with Gasteiger partial charge in [-0.3, -0.25) is 4.79 Å². The Bertz CT molecular complexity index is 728. The number of benzene rings is 2. The topological polar surface area (TPSA) is 55.8 Å². The second-order valence-corrected chi connectivity index (χ2v) is 5.54. The highest BCUT2D eigenvalue weighted by molar-refractivity contribution is 5.89. The fraction of sp³-hybridized carbons (Fsp3) is 0.263. The van der Waals surface area contributed by atoms with Crippen molar-refractivity contribution in [2.24, 2.45) is 0 Å². The Morgan fingerprint density at radius 3 is 2.24 bits per heavy atom. The molecule has 0 bridgehead atoms. The second kappa shape index (κ2) is 8.28. The molecule has 0 radical (unpaired) electrons. The highest BCUT2D eigenvalue weighted by atomic mass is 19.1. The third-order valence-electron chi connectivity index (χ3n) is 3.96. The van der Waals surface area contributed by atoms with Crippen LogP contribution >= 0.6 is 0 Å². The van der Waals surface area contributed by atoms with Crippen molar-refractivity contribution in [3.8, 4) is 5.75 Å². The molecule has 25 heavy (non-hydrogen) atoms. The number of hydrogen-bond donors (Lipinski definition) is 0. The van der Waals surface area contributed by atoms with Gasteiger partial charge in [-0.25, -0.2) is 9.18 Å². The highest BCUT2D eigenvalue weighted by Crippen LogP contribution is 2.19. The molecule has 2 rings (SSSR count). The van der Waals surface area contributed by atoms with Crippen molar-refractivity contribution in [3.05, 3.63) is 65.5 Å². The van der Waals surface area contributed by atoms with Crippen LogP contribution in [0.4, 0.5) is 4.39 Å². The monoisotopic (exact) mass is 345 g/mol. The molecule has 0 fully saturated rings. The van der Waals surface area contributed by atoms with Crippen molar-refractivity contribution < 1.29 is 23.5 Å². The van der Waals surface area contributed by atoms with Gasteiger partial charge in [-0.05, 0) is 48.9 Å². The van der Waals surface area contributed by atoms with Gasteiger partial charge in [0.15, 0.2) is 6.61 Å². The van der Waals surface area contributed by atoms with E-state index < -0.39 is 5.97 Å². The van der Waals surface area contributed by atoms with Crippen LogP contribution < -0.4 is 4.74 Å². The standard InChI is InChI=1S/C19H20FNO4/c1-13(14-4-8-16(20)9-5-14)21(2)18(22)12-25-17-10-6-15(7-11-17)19(23)24-3/h4-11,13H,12H2,1-3H3/t13-/m0/s1. The fourth-order valence-electron chi connectivity index (χ4n) is 2.23. The van der Waals surface area contributed by atoms with E-state index in [1.165, 1.54) is 24.1 Å². The first-order valence-corrected chi connectivity index (χ1v) is 7.74. The summed E-state index contributed by atoms with van der Waals surface area (Å²) in [5.41, 5.74) is 1.24. The van der Waals surface area contributed by atoms with E-state index in [4.69, 9.17) is 4.74 Å². The Hall–Kier alpha value is -2.89. The zero-order valence-electron chi connectivity index (χ0n) is 14.4. The SMILES string of the molecule is COC(=O)c1ccc(OCC(=O)N(C)[C@@H](C)c2ccc(F)cc2)cc1. The third-order valence-corrected chi connectivity index (χ3v) is 3.96. The number of carbonyl (C=O) groups excluding carboxylic acids is 2. The first-order chi connectivity index (χ1) is 11.9. The minimum absolute atomic E-state index is 0.139. The summed E-state index contributed by atoms with van der Waals surface area (Å²) in [5, 5.41) is 0. The number of rotatable bonds is 6. The smallest absolute Gasteiger partial charge is 0.337 e. The van der Waals surface area contributed by atoms with Crippen molar-refractivity contribution in [2.75, 3.05) is 20.8 Å². The molecule has 0 aliphatic rings. The molecule has 0 aliphatic heterocycles. The largest absolute Gasteiger partial charge is 0.484 e. The number of esters is 1. The predicted octanol–water partition coefficient (Wildman–Crippen LogP) is 3.21. The molecule has 0 saturated heterocycles. The number of nitrogens with zero attached hydrogens (tertiary/aromatic N) is 1. The number of carbonyl (C=O) groups is 2. The Balaban J connectivity index is 1.92. The van der Waals surface area contributed by atoms with Crippen LogP contribution in [0.1, 0.15) is 28.9 Å². The molecular formula is C19H20FNO4. The lowest BCUT2D eigenvalue weighted by Gasteiger charge is -2.25. The molecule has 0 unspecified atom stereocenters. The predicted molar refractivity (Wildman–Crippen MR) is 90.9 cm³/mol. The molecule has 5 nitrogen and oxygen atoms in total. The van der Waals surface area contributed by atoms with Crippen LogP contribution in [0.2, 0.25) is 0 Å². The van der Waals surface area contributed by atoms with Crippen LogP contribution in [-0.2, 0) is 9.53 Å². The number of hydrogen-bond acceptors (Lipinski definition) is 4. The molecule has 0 spiro atoms. The van der Waals surface area contributed by atoms with Gasteiger partial charge in [0.2, 0.25) is 0 Å². The molecule has 0 aromatic heterocycles. The van der Waals surface area contributed by atoms with Crippen LogP contribution in [0.15, 0.2) is 48.5 Å². The van der Waals surface area contributed by atoms with E-state index in [0.717, 1.165) is 5.56 Å². The lowest BCUT2D eigenvalue weighted by molar-refractivity contribution is -0.134. The van der Waals surface area contributed by atoms with Crippen LogP contribution in [0.25, 0.3) is 0 Å². The van der Waals surface area contributed by atoms with E-state index in [2.05, 4.69) is 4.74 Å². The molecule has 6 heteroatoms. The van der Waals surface area contributed by atoms with E-state index >= 15 is 0 Å². The van der Waals surface area contributed by atoms with Gasteiger partial charge >= 0.3 is 5.97 Å². The Morgan fingerprint density at radius 1 is 1.08 bits per heavy atom. The summed E-state index contributed by atoms with van der Waals surface area (Å²) in [6, 6.07) is 12.1. The van der Waals surface area contributed by atoms with Crippen LogP contribution in [0, 0.1) is 5.82 Å². The quantitative estimate of drug-likeness (QED) is 0.755. The zero-order chi connectivity index (χ0) is 18.4. The van der Waals surface area contributed by atoms with Gasteiger partial charge in [-0.1, -0.05) is 12.1 Å². The molecule has 1 amide bonds. The summed E-state index contributed by atoms with van der Waals surface area (Å²) in [4.78, 5) is 25.2. The summed E-state index contributed by atoms with van der Waals surface area (Å²) in [6.07, 6.45) is 0. The highest BCUT2D eigenvalue weighted by Gasteiger charge is 2.18. The van der Waals surface area contributed by atoms with Gasteiger partial charge in [-0.15, -0.1) is 0 Å². The number of methoxy groups -OCH3 is 1. The second-order valence-electron chi connectivity index (χ2n) is 5.54. The normalized spacial score (nSPS) is 11.5. The van der Waals surface area contributed by atoms with Crippen molar-refractivity contribution in [1.82, 2.24) is 4.90 Å². The molecule has 1 atom stereocenters. The summed E-state index contributed by atoms with van der Waals surface area (Å²) < 4.78 is 23.1. The summed E-state index contributed by atoms with van der Waals surface area (Å²) in [5.74, 6) is -0.489. The van der Waals surface area contributed by atoms with Gasteiger partial charge in [-0.2, -0.15) is 0 Å². The van der Waals surface area contributed by atoms with E-state index in [-0.39, 0.29) is 24.4 Å². The van der Waals surface area contributed by atoms with Crippen LogP contribution in [-0.4, -0.2) is 37.5 Å². The Morgan fingerprint density at radius 2 is 1.68 bits per heavy atom. The molecule has 2 aromatic rings. The Kier molecular flexibility index (Phi) is 6.11. The molecule has 0 aliphatic carbocycles. The van der Waals surface area contributed by atoms with Gasteiger partial charge < -0.3 is 14.4 Å². The van der Waals surface area contributed by atoms with Gasteiger partial charge in [0, 0.05) is 7.05 Å². The molecule has 0 heterocycles. The lowest BCUT2D eigenvalue weighted by atomic mass is 10.1. The Labute approximate surface area is 146 Å². The van der Waals surface area contributed by atoms with Crippen molar-refractivity contribution in [1.29, 1.82) is 0 Å². The molecule has 0 saturated carbocycles. The lowest BCUT2D eigenvalue weighted by Crippen LogP contribution is -2.33. The van der Waals surface area contributed by atoms with E-state index in [9.17, 15) is 14.0 Å². The maximum atomic E-state index is 13.0. The first-order valence-electron chi connectivity index (χ1n) is 7.74. The third kappa shape index (κ3) is 4.79. The van der Waals surface area contributed by atoms with Crippen molar-refractivity contribution in [2.45, 2.75) is 13.0 Å². The van der Waals surface area contributed by atoms with Crippen molar-refractivity contribution in [3.63, 3.8) is 0 Å². The minimum atomic E-state index is -0.435. The summed E-state index contributed by atoms with van der Waals surface area (Å²) in [7, 11) is 2.98. The van der Waals surface area contributed by atoms with Gasteiger partial charge in [0.05, 0.1) is 18.7 Å². The van der Waals surface area contributed by atoms with Crippen molar-refractivity contribution >= 4 is 11.9 Å². The average Bonchev–Trinajstić information content (AvgIpc) is 2.65. The number of halogens is 1. The minimum Gasteiger partial charge on any atom is -0.484 e. The maximum absolute atomic E-state index is 13.0. The average molecular weight is 345 g/mol. The maximum Gasteiger partial charge on any atom is 0.337 e. The van der Waals surface area contributed by atoms with Gasteiger partial charge in [0.1, 0.15) is 11.6 Å². The molecule has 132 valence electrons. The molecule has 2 aromatic carbocycles. The van der Waals surface area contributed by atoms with Crippen LogP contribution in [0.5, 0.6) is 5.75 Å². The first kappa shape index (κ1) is 18.4. The molecule has 0 N–H and O–H groups in total. The number of ether oxygens (including phenoxy) is 2. The van der Waals surface area contributed by atoms with E-state index in [1.54, 1.807) is 43.4 Å². The van der Waals surface area contributed by atoms with E-state index in [0.29, 0.717) is 11.3 Å². The van der Waals surface area contributed by atoms with Gasteiger partial charge in [0.25, 0.3) is 5.91 Å². The number of amides is 1. The summed E-state index contributed by atoms with van der Waals surface area (Å²) >= 11 is 0. The summed E-state index contributed by atoms with van der Waals surface area (Å²) in [6.45, 7) is 1.72. The molecular weight excluding hydrogens is 325 g/mol.